The van der Waals surface area contributed by atoms with Crippen LogP contribution in [0.2, 0.25) is 0 Å². The van der Waals surface area contributed by atoms with Gasteiger partial charge in [-0.25, -0.2) is 8.42 Å². The van der Waals surface area contributed by atoms with Crippen LogP contribution < -0.4 is 5.32 Å². The van der Waals surface area contributed by atoms with Crippen molar-refractivity contribution in [1.82, 2.24) is 9.62 Å². The highest BCUT2D eigenvalue weighted by atomic mass is 79.9. The Morgan fingerprint density at radius 3 is 2.86 bits per heavy atom. The molecular weight excluding hydrogens is 376 g/mol. The molecule has 21 heavy (non-hydrogen) atoms. The lowest BCUT2D eigenvalue weighted by Crippen LogP contribution is -2.33. The number of rotatable bonds is 10. The van der Waals surface area contributed by atoms with Gasteiger partial charge in [0.15, 0.2) is 0 Å². The summed E-state index contributed by atoms with van der Waals surface area (Å²) in [6, 6.07) is 1.68. The quantitative estimate of drug-likeness (QED) is 0.469. The van der Waals surface area contributed by atoms with E-state index in [0.717, 1.165) is 17.8 Å². The summed E-state index contributed by atoms with van der Waals surface area (Å²) in [6.45, 7) is 7.19. The number of hydrogen-bond donors (Lipinski definition) is 2. The molecule has 1 rings (SSSR count). The van der Waals surface area contributed by atoms with Crippen LogP contribution in [-0.4, -0.2) is 44.1 Å². The standard InChI is InChI=1S/C13H21BrN2O3S2/c1-3-5-15-10-11-9-12(13(14)20-11)21(18,19)16(6-4-2)7-8-17/h4,9,15,17H,2-3,5-8,10H2,1H3. The fourth-order valence-electron chi connectivity index (χ4n) is 1.75. The van der Waals surface area contributed by atoms with Crippen LogP contribution in [0, 0.1) is 0 Å². The van der Waals surface area contributed by atoms with E-state index >= 15 is 0 Å². The first kappa shape index (κ1) is 18.8. The summed E-state index contributed by atoms with van der Waals surface area (Å²) >= 11 is 4.73. The van der Waals surface area contributed by atoms with Crippen LogP contribution in [0.4, 0.5) is 0 Å². The summed E-state index contributed by atoms with van der Waals surface area (Å²) in [5, 5.41) is 12.3. The SMILES string of the molecule is C=CCN(CCO)S(=O)(=O)c1cc(CNCCC)sc1Br. The maximum Gasteiger partial charge on any atom is 0.245 e. The predicted molar refractivity (Wildman–Crippen MR) is 90.1 cm³/mol. The van der Waals surface area contributed by atoms with Crippen molar-refractivity contribution in [1.29, 1.82) is 0 Å². The summed E-state index contributed by atoms with van der Waals surface area (Å²) in [4.78, 5) is 1.20. The Labute approximate surface area is 138 Å². The smallest absolute Gasteiger partial charge is 0.245 e. The molecule has 0 fully saturated rings. The third-order valence-corrected chi connectivity index (χ3v) is 6.85. The van der Waals surface area contributed by atoms with Crippen LogP contribution in [0.1, 0.15) is 18.2 Å². The Hall–Kier alpha value is -0.250. The first-order chi connectivity index (χ1) is 9.97. The molecule has 0 atom stereocenters. The van der Waals surface area contributed by atoms with Gasteiger partial charge in [0.2, 0.25) is 10.0 Å². The number of sulfonamides is 1. The van der Waals surface area contributed by atoms with Crippen molar-refractivity contribution < 1.29 is 13.5 Å². The third kappa shape index (κ3) is 5.15. The van der Waals surface area contributed by atoms with Gasteiger partial charge >= 0.3 is 0 Å². The summed E-state index contributed by atoms with van der Waals surface area (Å²) in [6.07, 6.45) is 2.54. The molecule has 0 saturated heterocycles. The lowest BCUT2D eigenvalue weighted by molar-refractivity contribution is 0.260. The van der Waals surface area contributed by atoms with Gasteiger partial charge in [0.05, 0.1) is 10.4 Å². The molecule has 5 nitrogen and oxygen atoms in total. The molecule has 0 bridgehead atoms. The molecule has 120 valence electrons. The normalized spacial score (nSPS) is 12.0. The highest BCUT2D eigenvalue weighted by Crippen LogP contribution is 2.33. The molecular formula is C13H21BrN2O3S2. The molecule has 0 radical (unpaired) electrons. The van der Waals surface area contributed by atoms with Gasteiger partial charge in [-0.2, -0.15) is 4.31 Å². The Bertz CT molecular complexity index is 558. The zero-order valence-electron chi connectivity index (χ0n) is 12.0. The van der Waals surface area contributed by atoms with E-state index in [-0.39, 0.29) is 24.6 Å². The molecule has 0 aromatic carbocycles. The van der Waals surface area contributed by atoms with Crippen molar-refractivity contribution >= 4 is 37.3 Å². The van der Waals surface area contributed by atoms with Gasteiger partial charge in [0, 0.05) is 24.5 Å². The minimum atomic E-state index is -3.63. The lowest BCUT2D eigenvalue weighted by atomic mass is 10.4. The summed E-state index contributed by atoms with van der Waals surface area (Å²) in [7, 11) is -3.63. The average molecular weight is 397 g/mol. The Balaban J connectivity index is 2.98. The fraction of sp³-hybridized carbons (Fsp3) is 0.538. The number of thiophene rings is 1. The second-order valence-electron chi connectivity index (χ2n) is 4.40. The first-order valence-corrected chi connectivity index (χ1v) is 9.73. The molecule has 1 aromatic rings. The van der Waals surface area contributed by atoms with Crippen LogP contribution in [0.3, 0.4) is 0 Å². The zero-order chi connectivity index (χ0) is 15.9. The Morgan fingerprint density at radius 1 is 1.57 bits per heavy atom. The summed E-state index contributed by atoms with van der Waals surface area (Å²) in [5.41, 5.74) is 0. The van der Waals surface area contributed by atoms with Crippen LogP contribution in [0.25, 0.3) is 0 Å². The maximum atomic E-state index is 12.6. The predicted octanol–water partition coefficient (Wildman–Crippen LogP) is 2.18. The van der Waals surface area contributed by atoms with Crippen LogP contribution in [-0.2, 0) is 16.6 Å². The van der Waals surface area contributed by atoms with E-state index in [2.05, 4.69) is 34.7 Å². The molecule has 0 unspecified atom stereocenters. The second kappa shape index (κ2) is 9.02. The van der Waals surface area contributed by atoms with E-state index in [0.29, 0.717) is 10.3 Å². The van der Waals surface area contributed by atoms with Crippen molar-refractivity contribution in [3.05, 3.63) is 27.4 Å². The highest BCUT2D eigenvalue weighted by Gasteiger charge is 2.27. The molecule has 0 saturated carbocycles. The van der Waals surface area contributed by atoms with Crippen molar-refractivity contribution in [2.45, 2.75) is 24.8 Å². The molecule has 0 amide bonds. The monoisotopic (exact) mass is 396 g/mol. The molecule has 8 heteroatoms. The second-order valence-corrected chi connectivity index (χ2v) is 8.76. The van der Waals surface area contributed by atoms with Crippen LogP contribution in [0.15, 0.2) is 27.4 Å². The number of hydrogen-bond acceptors (Lipinski definition) is 5. The average Bonchev–Trinajstić information content (AvgIpc) is 2.81. The van der Waals surface area contributed by atoms with E-state index in [4.69, 9.17) is 5.11 Å². The topological polar surface area (TPSA) is 69.6 Å². The van der Waals surface area contributed by atoms with E-state index in [1.807, 2.05) is 0 Å². The molecule has 0 aliphatic rings. The van der Waals surface area contributed by atoms with Crippen LogP contribution >= 0.6 is 27.3 Å². The van der Waals surface area contributed by atoms with Gasteiger partial charge in [0.1, 0.15) is 4.90 Å². The van der Waals surface area contributed by atoms with Crippen molar-refractivity contribution in [2.75, 3.05) is 26.2 Å². The molecule has 0 spiro atoms. The third-order valence-electron chi connectivity index (χ3n) is 2.73. The highest BCUT2D eigenvalue weighted by molar-refractivity contribution is 9.11. The minimum Gasteiger partial charge on any atom is -0.395 e. The Morgan fingerprint density at radius 2 is 2.29 bits per heavy atom. The number of aliphatic hydroxyl groups is 1. The number of aliphatic hydroxyl groups excluding tert-OH is 1. The molecule has 1 aromatic heterocycles. The van der Waals surface area contributed by atoms with Crippen molar-refractivity contribution in [3.63, 3.8) is 0 Å². The minimum absolute atomic E-state index is 0.0556. The van der Waals surface area contributed by atoms with E-state index in [1.165, 1.54) is 21.7 Å². The van der Waals surface area contributed by atoms with E-state index in [1.54, 1.807) is 6.07 Å². The molecule has 0 aliphatic heterocycles. The van der Waals surface area contributed by atoms with Gasteiger partial charge in [0.25, 0.3) is 0 Å². The molecule has 1 heterocycles. The van der Waals surface area contributed by atoms with Gasteiger partial charge < -0.3 is 10.4 Å². The van der Waals surface area contributed by atoms with Gasteiger partial charge in [-0.05, 0) is 35.0 Å². The Kier molecular flexibility index (Phi) is 8.07. The maximum absolute atomic E-state index is 12.6. The van der Waals surface area contributed by atoms with E-state index < -0.39 is 10.0 Å². The van der Waals surface area contributed by atoms with Crippen molar-refractivity contribution in [2.24, 2.45) is 0 Å². The largest absolute Gasteiger partial charge is 0.395 e. The van der Waals surface area contributed by atoms with Gasteiger partial charge in [-0.15, -0.1) is 17.9 Å². The van der Waals surface area contributed by atoms with Crippen LogP contribution in [0.5, 0.6) is 0 Å². The lowest BCUT2D eigenvalue weighted by Gasteiger charge is -2.19. The number of nitrogens with zero attached hydrogens (tertiary/aromatic N) is 1. The first-order valence-electron chi connectivity index (χ1n) is 6.68. The number of nitrogens with one attached hydrogen (secondary N) is 1. The van der Waals surface area contributed by atoms with Gasteiger partial charge in [-0.1, -0.05) is 13.0 Å². The van der Waals surface area contributed by atoms with E-state index in [9.17, 15) is 8.42 Å². The fourth-order valence-corrected chi connectivity index (χ4v) is 5.76. The van der Waals surface area contributed by atoms with Gasteiger partial charge in [-0.3, -0.25) is 0 Å². The summed E-state index contributed by atoms with van der Waals surface area (Å²) in [5.74, 6) is 0. The zero-order valence-corrected chi connectivity index (χ0v) is 15.2. The molecule has 0 aliphatic carbocycles. The van der Waals surface area contributed by atoms with Crippen molar-refractivity contribution in [3.8, 4) is 0 Å². The number of halogens is 1. The summed E-state index contributed by atoms with van der Waals surface area (Å²) < 4.78 is 27.0. The molecule has 2 N–H and O–H groups in total.